The first-order chi connectivity index (χ1) is 7.83. The molecule has 0 aromatic carbocycles. The molecule has 1 aliphatic carbocycles. The number of rotatable bonds is 4. The lowest BCUT2D eigenvalue weighted by Crippen LogP contribution is -2.29. The molecule has 88 valence electrons. The van der Waals surface area contributed by atoms with Gasteiger partial charge < -0.3 is 15.4 Å². The molecule has 2 rings (SSSR count). The van der Waals surface area contributed by atoms with Crippen molar-refractivity contribution in [1.82, 2.24) is 4.98 Å². The van der Waals surface area contributed by atoms with E-state index in [4.69, 9.17) is 4.74 Å². The van der Waals surface area contributed by atoms with E-state index in [1.165, 1.54) is 12.8 Å². The third-order valence-electron chi connectivity index (χ3n) is 3.13. The van der Waals surface area contributed by atoms with Gasteiger partial charge in [0.15, 0.2) is 0 Å². The highest BCUT2D eigenvalue weighted by Gasteiger charge is 2.26. The number of nitrogens with one attached hydrogen (secondary N) is 2. The van der Waals surface area contributed by atoms with Crippen LogP contribution in [0.1, 0.15) is 19.3 Å². The average Bonchev–Trinajstić information content (AvgIpc) is 2.76. The zero-order valence-corrected chi connectivity index (χ0v) is 9.86. The van der Waals surface area contributed by atoms with Crippen molar-refractivity contribution in [2.75, 3.05) is 24.8 Å². The van der Waals surface area contributed by atoms with Crippen molar-refractivity contribution in [3.05, 3.63) is 18.5 Å². The molecule has 2 unspecified atom stereocenters. The molecule has 0 bridgehead atoms. The number of methoxy groups -OCH3 is 1. The van der Waals surface area contributed by atoms with E-state index in [1.807, 2.05) is 19.4 Å². The first kappa shape index (κ1) is 11.2. The van der Waals surface area contributed by atoms with Gasteiger partial charge in [-0.3, -0.25) is 4.98 Å². The molecule has 1 aromatic rings. The van der Waals surface area contributed by atoms with Crippen LogP contribution in [-0.2, 0) is 4.74 Å². The molecule has 2 N–H and O–H groups in total. The summed E-state index contributed by atoms with van der Waals surface area (Å²) in [5.74, 6) is 0. The van der Waals surface area contributed by atoms with Gasteiger partial charge in [-0.2, -0.15) is 0 Å². The van der Waals surface area contributed by atoms with Crippen LogP contribution >= 0.6 is 0 Å². The number of hydrogen-bond acceptors (Lipinski definition) is 4. The predicted octanol–water partition coefficient (Wildman–Crippen LogP) is 2.10. The second-order valence-electron chi connectivity index (χ2n) is 4.17. The minimum Gasteiger partial charge on any atom is -0.387 e. The van der Waals surface area contributed by atoms with E-state index in [1.54, 1.807) is 7.11 Å². The Bertz CT molecular complexity index is 343. The first-order valence-electron chi connectivity index (χ1n) is 5.75. The minimum absolute atomic E-state index is 0.332. The van der Waals surface area contributed by atoms with Gasteiger partial charge in [-0.25, -0.2) is 0 Å². The Morgan fingerprint density at radius 1 is 1.31 bits per heavy atom. The standard InChI is InChI=1S/C12H19N3O/c1-13-9-6-10(8-14-7-9)15-11-4-3-5-12(11)16-2/h6-8,11-13,15H,3-5H2,1-2H3. The van der Waals surface area contributed by atoms with Crippen LogP contribution in [0.4, 0.5) is 11.4 Å². The number of ether oxygens (including phenoxy) is 1. The molecule has 0 amide bonds. The van der Waals surface area contributed by atoms with Gasteiger partial charge in [-0.05, 0) is 25.3 Å². The molecule has 1 saturated carbocycles. The topological polar surface area (TPSA) is 46.2 Å². The van der Waals surface area contributed by atoms with Crippen molar-refractivity contribution in [2.45, 2.75) is 31.4 Å². The molecule has 2 atom stereocenters. The van der Waals surface area contributed by atoms with E-state index < -0.39 is 0 Å². The number of anilines is 2. The molecule has 0 saturated heterocycles. The van der Waals surface area contributed by atoms with Crippen LogP contribution in [0.2, 0.25) is 0 Å². The number of nitrogens with zero attached hydrogens (tertiary/aromatic N) is 1. The Kier molecular flexibility index (Phi) is 3.62. The van der Waals surface area contributed by atoms with Crippen LogP contribution in [0.3, 0.4) is 0 Å². The fourth-order valence-electron chi connectivity index (χ4n) is 2.24. The Hall–Kier alpha value is -1.29. The summed E-state index contributed by atoms with van der Waals surface area (Å²) >= 11 is 0. The molecule has 4 nitrogen and oxygen atoms in total. The Morgan fingerprint density at radius 2 is 2.12 bits per heavy atom. The van der Waals surface area contributed by atoms with Gasteiger partial charge in [0.05, 0.1) is 35.9 Å². The third-order valence-corrected chi connectivity index (χ3v) is 3.13. The van der Waals surface area contributed by atoms with Crippen molar-refractivity contribution in [3.63, 3.8) is 0 Å². The Balaban J connectivity index is 2.02. The van der Waals surface area contributed by atoms with Crippen molar-refractivity contribution in [3.8, 4) is 0 Å². The second-order valence-corrected chi connectivity index (χ2v) is 4.17. The summed E-state index contributed by atoms with van der Waals surface area (Å²) < 4.78 is 5.45. The average molecular weight is 221 g/mol. The number of hydrogen-bond donors (Lipinski definition) is 2. The zero-order chi connectivity index (χ0) is 11.4. The zero-order valence-electron chi connectivity index (χ0n) is 9.86. The highest BCUT2D eigenvalue weighted by atomic mass is 16.5. The summed E-state index contributed by atoms with van der Waals surface area (Å²) in [6, 6.07) is 2.48. The van der Waals surface area contributed by atoms with E-state index in [-0.39, 0.29) is 0 Å². The fraction of sp³-hybridized carbons (Fsp3) is 0.583. The van der Waals surface area contributed by atoms with Gasteiger partial charge >= 0.3 is 0 Å². The molecule has 0 radical (unpaired) electrons. The van der Waals surface area contributed by atoms with Gasteiger partial charge in [-0.1, -0.05) is 0 Å². The number of pyridine rings is 1. The van der Waals surface area contributed by atoms with E-state index in [2.05, 4.69) is 21.7 Å². The lowest BCUT2D eigenvalue weighted by Gasteiger charge is -2.20. The maximum atomic E-state index is 5.45. The van der Waals surface area contributed by atoms with Crippen LogP contribution in [0.25, 0.3) is 0 Å². The maximum Gasteiger partial charge on any atom is 0.0772 e. The van der Waals surface area contributed by atoms with E-state index in [0.717, 1.165) is 17.8 Å². The largest absolute Gasteiger partial charge is 0.387 e. The molecule has 1 fully saturated rings. The number of aromatic nitrogens is 1. The second kappa shape index (κ2) is 5.16. The molecule has 1 aliphatic rings. The van der Waals surface area contributed by atoms with Crippen molar-refractivity contribution < 1.29 is 4.74 Å². The summed E-state index contributed by atoms with van der Waals surface area (Å²) in [7, 11) is 3.68. The molecule has 0 aliphatic heterocycles. The van der Waals surface area contributed by atoms with Crippen molar-refractivity contribution in [2.24, 2.45) is 0 Å². The van der Waals surface area contributed by atoms with Crippen LogP contribution < -0.4 is 10.6 Å². The minimum atomic E-state index is 0.332. The molecule has 16 heavy (non-hydrogen) atoms. The lowest BCUT2D eigenvalue weighted by molar-refractivity contribution is 0.101. The summed E-state index contributed by atoms with van der Waals surface area (Å²) in [4.78, 5) is 4.18. The Labute approximate surface area is 96.4 Å². The van der Waals surface area contributed by atoms with Gasteiger partial charge in [0.2, 0.25) is 0 Å². The third kappa shape index (κ3) is 2.44. The highest BCUT2D eigenvalue weighted by Crippen LogP contribution is 2.25. The summed E-state index contributed by atoms with van der Waals surface area (Å²) in [6.45, 7) is 0. The first-order valence-corrected chi connectivity index (χ1v) is 5.75. The van der Waals surface area contributed by atoms with Crippen LogP contribution in [-0.4, -0.2) is 31.3 Å². The molecular weight excluding hydrogens is 202 g/mol. The van der Waals surface area contributed by atoms with Crippen molar-refractivity contribution >= 4 is 11.4 Å². The molecule has 4 heteroatoms. The molecule has 0 spiro atoms. The monoisotopic (exact) mass is 221 g/mol. The normalized spacial score (nSPS) is 24.4. The van der Waals surface area contributed by atoms with E-state index >= 15 is 0 Å². The molecule has 1 heterocycles. The highest BCUT2D eigenvalue weighted by molar-refractivity contribution is 5.54. The Morgan fingerprint density at radius 3 is 2.88 bits per heavy atom. The smallest absolute Gasteiger partial charge is 0.0772 e. The van der Waals surface area contributed by atoms with Gasteiger partial charge in [-0.15, -0.1) is 0 Å². The SMILES string of the molecule is CNc1cncc(NC2CCCC2OC)c1. The van der Waals surface area contributed by atoms with Gasteiger partial charge in [0.1, 0.15) is 0 Å². The maximum absolute atomic E-state index is 5.45. The van der Waals surface area contributed by atoms with Crippen LogP contribution in [0.15, 0.2) is 18.5 Å². The predicted molar refractivity (Wildman–Crippen MR) is 65.8 cm³/mol. The van der Waals surface area contributed by atoms with E-state index in [0.29, 0.717) is 12.1 Å². The van der Waals surface area contributed by atoms with Gasteiger partial charge in [0, 0.05) is 14.2 Å². The van der Waals surface area contributed by atoms with Crippen molar-refractivity contribution in [1.29, 1.82) is 0 Å². The lowest BCUT2D eigenvalue weighted by atomic mass is 10.2. The summed E-state index contributed by atoms with van der Waals surface area (Å²) in [6.07, 6.45) is 7.54. The fourth-order valence-corrected chi connectivity index (χ4v) is 2.24. The summed E-state index contributed by atoms with van der Waals surface area (Å²) in [5.41, 5.74) is 2.08. The molecular formula is C12H19N3O. The van der Waals surface area contributed by atoms with Crippen LogP contribution in [0, 0.1) is 0 Å². The van der Waals surface area contributed by atoms with Gasteiger partial charge in [0.25, 0.3) is 0 Å². The molecule has 1 aromatic heterocycles. The van der Waals surface area contributed by atoms with E-state index in [9.17, 15) is 0 Å². The summed E-state index contributed by atoms with van der Waals surface area (Å²) in [5, 5.41) is 6.57. The van der Waals surface area contributed by atoms with Crippen LogP contribution in [0.5, 0.6) is 0 Å². The quantitative estimate of drug-likeness (QED) is 0.817.